The van der Waals surface area contributed by atoms with Gasteiger partial charge in [0.15, 0.2) is 37.7 Å². The second-order valence-corrected chi connectivity index (χ2v) is 18.2. The standard InChI is InChI=1S/C40H68N2O29/c1-9-19(49)23(53)26(56)37(61-9)67-30-15(7-45)63-35(60)17(41-11(3)47)32(30)69-40-29(59)34(22(52)14(6-44)65-40)71-36-18(42-12(4)48)33(70-39-28(58)25(55)21(51)13(5-43)64-39)31(16(8-46)66-36)68-38-27(57)24(54)20(50)10(2)62-38/h9-10,13-40,43-46,49-60H,5-8H2,1-4H3,(H,41,47)(H,42,48)/t9-,10-,13+,14+,15+,16+,17+,18+,19+,20+,21-,22-,23+,24+,25-,26-,27-,28+,29+,30+,31+,32+,33+,34-,35+,36-,37-,38-,39-,40-/m0/s1. The highest BCUT2D eigenvalue weighted by Gasteiger charge is 2.59. The van der Waals surface area contributed by atoms with E-state index >= 15 is 0 Å². The summed E-state index contributed by atoms with van der Waals surface area (Å²) >= 11 is 0. The Morgan fingerprint density at radius 1 is 0.366 bits per heavy atom. The van der Waals surface area contributed by atoms with Gasteiger partial charge >= 0.3 is 0 Å². The molecule has 31 heteroatoms. The lowest BCUT2D eigenvalue weighted by Crippen LogP contribution is -2.71. The molecule has 6 heterocycles. The maximum Gasteiger partial charge on any atom is 0.217 e. The molecule has 6 aliphatic rings. The van der Waals surface area contributed by atoms with Crippen molar-refractivity contribution in [3.8, 4) is 0 Å². The Balaban J connectivity index is 1.36. The first kappa shape index (κ1) is 58.1. The molecule has 71 heavy (non-hydrogen) atoms. The highest BCUT2D eigenvalue weighted by molar-refractivity contribution is 5.73. The molecular formula is C40H68N2O29. The minimum absolute atomic E-state index is 0.795. The molecule has 0 unspecified atom stereocenters. The second kappa shape index (κ2) is 24.7. The number of amides is 2. The number of aliphatic hydroxyl groups is 16. The highest BCUT2D eigenvalue weighted by Crippen LogP contribution is 2.38. The average molecular weight is 1040 g/mol. The van der Waals surface area contributed by atoms with Gasteiger partial charge in [-0.2, -0.15) is 0 Å². The van der Waals surface area contributed by atoms with Crippen molar-refractivity contribution in [1.29, 1.82) is 0 Å². The van der Waals surface area contributed by atoms with Crippen molar-refractivity contribution >= 4 is 11.8 Å². The van der Waals surface area contributed by atoms with Gasteiger partial charge in [-0.25, -0.2) is 0 Å². The molecule has 6 fully saturated rings. The molecule has 0 aliphatic carbocycles. The lowest BCUT2D eigenvalue weighted by atomic mass is 9.93. The summed E-state index contributed by atoms with van der Waals surface area (Å²) in [5.74, 6) is -1.68. The maximum atomic E-state index is 13.0. The predicted molar refractivity (Wildman–Crippen MR) is 220 cm³/mol. The van der Waals surface area contributed by atoms with E-state index in [1.54, 1.807) is 0 Å². The molecule has 6 saturated heterocycles. The maximum absolute atomic E-state index is 13.0. The summed E-state index contributed by atoms with van der Waals surface area (Å²) in [6.45, 7) is 0.716. The Bertz CT molecular complexity index is 1710. The van der Waals surface area contributed by atoms with E-state index in [-0.39, 0.29) is 0 Å². The first-order valence-electron chi connectivity index (χ1n) is 22.8. The van der Waals surface area contributed by atoms with Crippen LogP contribution in [0.4, 0.5) is 0 Å². The fourth-order valence-electron chi connectivity index (χ4n) is 9.19. The number of carbonyl (C=O) groups is 2. The van der Waals surface area contributed by atoms with Crippen molar-refractivity contribution in [3.63, 3.8) is 0 Å². The largest absolute Gasteiger partial charge is 0.394 e. The number of aliphatic hydroxyl groups excluding tert-OH is 16. The highest BCUT2D eigenvalue weighted by atomic mass is 16.8. The van der Waals surface area contributed by atoms with E-state index in [1.165, 1.54) is 13.8 Å². The zero-order chi connectivity index (χ0) is 52.5. The van der Waals surface area contributed by atoms with Crippen molar-refractivity contribution in [2.24, 2.45) is 0 Å². The molecule has 0 aromatic rings. The summed E-state index contributed by atoms with van der Waals surface area (Å²) in [5.41, 5.74) is 0. The minimum Gasteiger partial charge on any atom is -0.394 e. The summed E-state index contributed by atoms with van der Waals surface area (Å²) < 4.78 is 64.5. The summed E-state index contributed by atoms with van der Waals surface area (Å²) in [7, 11) is 0. The molecule has 6 rings (SSSR count). The van der Waals surface area contributed by atoms with Crippen LogP contribution in [-0.2, 0) is 61.7 Å². The number of nitrogens with one attached hydrogen (secondary N) is 2. The zero-order valence-electron chi connectivity index (χ0n) is 38.6. The second-order valence-electron chi connectivity index (χ2n) is 18.2. The quantitative estimate of drug-likeness (QED) is 0.0682. The fourth-order valence-corrected chi connectivity index (χ4v) is 9.19. The number of hydrogen-bond acceptors (Lipinski definition) is 29. The average Bonchev–Trinajstić information content (AvgIpc) is 3.33. The monoisotopic (exact) mass is 1040 g/mol. The molecule has 18 N–H and O–H groups in total. The van der Waals surface area contributed by atoms with Gasteiger partial charge in [0.25, 0.3) is 0 Å². The Hall–Kier alpha value is -2.14. The van der Waals surface area contributed by atoms with Gasteiger partial charge in [-0.05, 0) is 13.8 Å². The molecule has 0 aromatic heterocycles. The van der Waals surface area contributed by atoms with Crippen LogP contribution >= 0.6 is 0 Å². The van der Waals surface area contributed by atoms with E-state index in [9.17, 15) is 91.3 Å². The van der Waals surface area contributed by atoms with Crippen LogP contribution in [0.3, 0.4) is 0 Å². The van der Waals surface area contributed by atoms with Gasteiger partial charge in [0.05, 0.1) is 38.6 Å². The van der Waals surface area contributed by atoms with E-state index in [2.05, 4.69) is 10.6 Å². The van der Waals surface area contributed by atoms with Crippen molar-refractivity contribution < 1.29 is 143 Å². The molecular weight excluding hydrogens is 972 g/mol. The number of ether oxygens (including phenoxy) is 11. The predicted octanol–water partition coefficient (Wildman–Crippen LogP) is -11.8. The third-order valence-corrected chi connectivity index (χ3v) is 13.2. The van der Waals surface area contributed by atoms with Crippen LogP contribution in [0.2, 0.25) is 0 Å². The van der Waals surface area contributed by atoms with Crippen LogP contribution in [0.1, 0.15) is 27.7 Å². The number of hydrogen-bond donors (Lipinski definition) is 18. The Morgan fingerprint density at radius 3 is 1.15 bits per heavy atom. The topological polar surface area (TPSA) is 483 Å². The van der Waals surface area contributed by atoms with Gasteiger partial charge in [-0.1, -0.05) is 0 Å². The van der Waals surface area contributed by atoms with Gasteiger partial charge in [0.2, 0.25) is 11.8 Å². The number of rotatable bonds is 16. The van der Waals surface area contributed by atoms with Gasteiger partial charge in [-0.15, -0.1) is 0 Å². The van der Waals surface area contributed by atoms with Crippen molar-refractivity contribution in [2.45, 2.75) is 212 Å². The first-order chi connectivity index (χ1) is 33.5. The first-order valence-corrected chi connectivity index (χ1v) is 22.8. The van der Waals surface area contributed by atoms with Crippen LogP contribution in [0.25, 0.3) is 0 Å². The van der Waals surface area contributed by atoms with Crippen LogP contribution < -0.4 is 10.6 Å². The van der Waals surface area contributed by atoms with Gasteiger partial charge in [0.1, 0.15) is 134 Å². The normalized spacial score (nSPS) is 50.8. The molecule has 412 valence electrons. The number of carbonyl (C=O) groups excluding carboxylic acids is 2. The minimum atomic E-state index is -2.26. The zero-order valence-corrected chi connectivity index (χ0v) is 38.6. The van der Waals surface area contributed by atoms with Crippen molar-refractivity contribution in [2.75, 3.05) is 26.4 Å². The van der Waals surface area contributed by atoms with Gasteiger partial charge in [0, 0.05) is 13.8 Å². The molecule has 31 nitrogen and oxygen atoms in total. The van der Waals surface area contributed by atoms with E-state index in [0.29, 0.717) is 0 Å². The summed E-state index contributed by atoms with van der Waals surface area (Å²) in [5, 5.41) is 177. The third-order valence-electron chi connectivity index (χ3n) is 13.2. The van der Waals surface area contributed by atoms with E-state index < -0.39 is 222 Å². The SMILES string of the molecule is CC(=O)N[C@@H]1[C@@H](O[C@@H]2O[C@H](CO)[C@H](O)[C@H](O[C@@H]3O[C@H](CO)[C@@H](O[C@@H]4O[C@@H](C)[C@@H](O)[C@@H](O)[C@@H]4O)[C@H](O[C@@H]4O[C@H](CO)[C@H](O)[C@H](O)[C@H]4O)[C@H]3NC(C)=O)[C@H]2O)[C@H](O[C@@H]2O[C@@H](C)[C@@H](O)[C@@H](O)[C@@H]2O)[C@@H](CO)O[C@H]1O. The van der Waals surface area contributed by atoms with Crippen LogP contribution in [-0.4, -0.2) is 304 Å². The molecule has 0 radical (unpaired) electrons. The summed E-state index contributed by atoms with van der Waals surface area (Å²) in [4.78, 5) is 25.5. The Kier molecular flexibility index (Phi) is 20.2. The molecule has 0 aromatic carbocycles. The van der Waals surface area contributed by atoms with E-state index in [4.69, 9.17) is 52.1 Å². The summed E-state index contributed by atoms with van der Waals surface area (Å²) in [6.07, 6.45) is -51.5. The Morgan fingerprint density at radius 2 is 0.704 bits per heavy atom. The molecule has 30 atom stereocenters. The lowest BCUT2D eigenvalue weighted by molar-refractivity contribution is -0.393. The van der Waals surface area contributed by atoms with E-state index in [0.717, 1.165) is 13.8 Å². The van der Waals surface area contributed by atoms with Crippen molar-refractivity contribution in [3.05, 3.63) is 0 Å². The molecule has 0 bridgehead atoms. The van der Waals surface area contributed by atoms with Crippen LogP contribution in [0.15, 0.2) is 0 Å². The smallest absolute Gasteiger partial charge is 0.217 e. The molecule has 0 spiro atoms. The molecule has 0 saturated carbocycles. The van der Waals surface area contributed by atoms with Crippen LogP contribution in [0.5, 0.6) is 0 Å². The third kappa shape index (κ3) is 12.4. The fraction of sp³-hybridized carbons (Fsp3) is 0.950. The van der Waals surface area contributed by atoms with Crippen molar-refractivity contribution in [1.82, 2.24) is 10.6 Å². The Labute approximate surface area is 403 Å². The van der Waals surface area contributed by atoms with Gasteiger partial charge in [-0.3, -0.25) is 9.59 Å². The summed E-state index contributed by atoms with van der Waals surface area (Å²) in [6, 6.07) is -3.51. The molecule has 2 amide bonds. The molecule has 6 aliphatic heterocycles. The van der Waals surface area contributed by atoms with Crippen LogP contribution in [0, 0.1) is 0 Å². The van der Waals surface area contributed by atoms with Gasteiger partial charge < -0.3 is 144 Å². The lowest BCUT2D eigenvalue weighted by Gasteiger charge is -2.52. The van der Waals surface area contributed by atoms with E-state index in [1.807, 2.05) is 0 Å².